The molecule has 0 spiro atoms. The van der Waals surface area contributed by atoms with Crippen molar-refractivity contribution >= 4 is 0 Å². The van der Waals surface area contributed by atoms with Crippen LogP contribution in [0.5, 0.6) is 0 Å². The fourth-order valence-electron chi connectivity index (χ4n) is 0.713. The van der Waals surface area contributed by atoms with Crippen LogP contribution in [0.2, 0.25) is 0 Å². The molecule has 4 heteroatoms. The van der Waals surface area contributed by atoms with Gasteiger partial charge in [0.05, 0.1) is 0 Å². The minimum atomic E-state index is 0.292. The first-order valence-corrected chi connectivity index (χ1v) is 3.21. The van der Waals surface area contributed by atoms with Gasteiger partial charge in [-0.05, 0) is 25.9 Å². The highest BCUT2D eigenvalue weighted by molar-refractivity contribution is 4.63. The Labute approximate surface area is 55.7 Å². The van der Waals surface area contributed by atoms with E-state index in [2.05, 4.69) is 5.43 Å². The molecule has 0 heterocycles. The molecule has 0 aromatic heterocycles. The van der Waals surface area contributed by atoms with E-state index in [0.717, 1.165) is 12.8 Å². The summed E-state index contributed by atoms with van der Waals surface area (Å²) in [5, 5.41) is 0. The maximum atomic E-state index is 5.30. The van der Waals surface area contributed by atoms with Crippen LogP contribution >= 0.6 is 0 Å². The second kappa shape index (κ2) is 5.97. The van der Waals surface area contributed by atoms with Crippen LogP contribution < -0.4 is 22.7 Å². The molecule has 0 aromatic carbocycles. The zero-order chi connectivity index (χ0) is 7.11. The Hall–Kier alpha value is -0.160. The molecule has 0 radical (unpaired) electrons. The highest BCUT2D eigenvalue weighted by atomic mass is 15.2. The van der Waals surface area contributed by atoms with Crippen molar-refractivity contribution < 1.29 is 0 Å². The highest BCUT2D eigenvalue weighted by Crippen LogP contribution is 1.91. The van der Waals surface area contributed by atoms with Crippen molar-refractivity contribution in [3.63, 3.8) is 0 Å². The predicted molar refractivity (Wildman–Crippen MR) is 38.5 cm³/mol. The van der Waals surface area contributed by atoms with Gasteiger partial charge in [0, 0.05) is 6.04 Å². The van der Waals surface area contributed by atoms with E-state index in [1.54, 1.807) is 0 Å². The van der Waals surface area contributed by atoms with Crippen molar-refractivity contribution in [1.82, 2.24) is 5.43 Å². The molecule has 4 nitrogen and oxygen atoms in total. The molecular formula is C5H16N4. The lowest BCUT2D eigenvalue weighted by Gasteiger charge is -2.12. The van der Waals surface area contributed by atoms with Gasteiger partial charge in [0.15, 0.2) is 0 Å². The van der Waals surface area contributed by atoms with Gasteiger partial charge in [-0.2, -0.15) is 0 Å². The Bertz CT molecular complexity index is 50.9. The number of rotatable bonds is 5. The number of hydrogen-bond acceptors (Lipinski definition) is 4. The molecular weight excluding hydrogens is 116 g/mol. The van der Waals surface area contributed by atoms with Gasteiger partial charge in [-0.15, -0.1) is 0 Å². The maximum Gasteiger partial charge on any atom is 0.0234 e. The molecule has 0 aliphatic carbocycles. The quantitative estimate of drug-likeness (QED) is 0.271. The van der Waals surface area contributed by atoms with Gasteiger partial charge < -0.3 is 11.5 Å². The van der Waals surface area contributed by atoms with Crippen LogP contribution in [-0.2, 0) is 0 Å². The van der Waals surface area contributed by atoms with E-state index in [9.17, 15) is 0 Å². The molecule has 0 fully saturated rings. The Morgan fingerprint density at radius 1 is 1.11 bits per heavy atom. The second-order valence-electron chi connectivity index (χ2n) is 2.02. The summed E-state index contributed by atoms with van der Waals surface area (Å²) in [4.78, 5) is 0. The predicted octanol–water partition coefficient (Wildman–Crippen LogP) is -1.48. The second-order valence-corrected chi connectivity index (χ2v) is 2.02. The third-order valence-corrected chi connectivity index (χ3v) is 1.27. The van der Waals surface area contributed by atoms with Gasteiger partial charge >= 0.3 is 0 Å². The third-order valence-electron chi connectivity index (χ3n) is 1.27. The van der Waals surface area contributed by atoms with Crippen LogP contribution in [0.1, 0.15) is 12.8 Å². The minimum Gasteiger partial charge on any atom is -0.330 e. The summed E-state index contributed by atoms with van der Waals surface area (Å²) < 4.78 is 0. The molecule has 0 saturated heterocycles. The molecule has 0 bridgehead atoms. The summed E-state index contributed by atoms with van der Waals surface area (Å²) in [5.41, 5.74) is 13.2. The van der Waals surface area contributed by atoms with Gasteiger partial charge in [0.1, 0.15) is 0 Å². The van der Waals surface area contributed by atoms with E-state index in [0.29, 0.717) is 19.1 Å². The molecule has 0 aromatic rings. The molecule has 56 valence electrons. The fourth-order valence-corrected chi connectivity index (χ4v) is 0.713. The fraction of sp³-hybridized carbons (Fsp3) is 1.00. The SMILES string of the molecule is NCCC(CCN)NN. The zero-order valence-electron chi connectivity index (χ0n) is 5.64. The van der Waals surface area contributed by atoms with E-state index in [1.165, 1.54) is 0 Å². The van der Waals surface area contributed by atoms with E-state index in [4.69, 9.17) is 17.3 Å². The summed E-state index contributed by atoms with van der Waals surface area (Å²) in [6.07, 6.45) is 1.79. The molecule has 0 aliphatic heterocycles. The lowest BCUT2D eigenvalue weighted by Crippen LogP contribution is -2.38. The van der Waals surface area contributed by atoms with Crippen molar-refractivity contribution in [2.75, 3.05) is 13.1 Å². The van der Waals surface area contributed by atoms with Gasteiger partial charge in [0.2, 0.25) is 0 Å². The first-order valence-electron chi connectivity index (χ1n) is 3.21. The number of hydrazine groups is 1. The van der Waals surface area contributed by atoms with E-state index in [-0.39, 0.29) is 0 Å². The van der Waals surface area contributed by atoms with Crippen LogP contribution in [0.4, 0.5) is 0 Å². The van der Waals surface area contributed by atoms with E-state index in [1.807, 2.05) is 0 Å². The Kier molecular flexibility index (Phi) is 5.86. The molecule has 0 atom stereocenters. The minimum absolute atomic E-state index is 0.292. The van der Waals surface area contributed by atoms with E-state index >= 15 is 0 Å². The summed E-state index contributed by atoms with van der Waals surface area (Å²) >= 11 is 0. The van der Waals surface area contributed by atoms with Crippen LogP contribution in [0.25, 0.3) is 0 Å². The molecule has 9 heavy (non-hydrogen) atoms. The van der Waals surface area contributed by atoms with Crippen molar-refractivity contribution in [2.45, 2.75) is 18.9 Å². The first-order chi connectivity index (χ1) is 4.35. The lowest BCUT2D eigenvalue weighted by atomic mass is 10.1. The zero-order valence-corrected chi connectivity index (χ0v) is 5.64. The van der Waals surface area contributed by atoms with Gasteiger partial charge in [-0.3, -0.25) is 11.3 Å². The smallest absolute Gasteiger partial charge is 0.0234 e. The summed E-state index contributed by atoms with van der Waals surface area (Å²) in [6.45, 7) is 1.32. The molecule has 0 aliphatic rings. The average Bonchev–Trinajstić information content (AvgIpc) is 1.88. The van der Waals surface area contributed by atoms with Crippen LogP contribution in [0, 0.1) is 0 Å². The van der Waals surface area contributed by atoms with Gasteiger partial charge in [-0.25, -0.2) is 0 Å². The topological polar surface area (TPSA) is 90.1 Å². The Balaban J connectivity index is 3.18. The molecule has 7 N–H and O–H groups in total. The van der Waals surface area contributed by atoms with Crippen molar-refractivity contribution in [2.24, 2.45) is 17.3 Å². The van der Waals surface area contributed by atoms with Crippen LogP contribution in [0.15, 0.2) is 0 Å². The first kappa shape index (κ1) is 8.84. The van der Waals surface area contributed by atoms with Crippen molar-refractivity contribution in [3.8, 4) is 0 Å². The van der Waals surface area contributed by atoms with Gasteiger partial charge in [0.25, 0.3) is 0 Å². The standard InChI is InChI=1S/C5H16N4/c6-3-1-5(9-8)2-4-7/h5,9H,1-4,6-8H2. The van der Waals surface area contributed by atoms with Crippen LogP contribution in [-0.4, -0.2) is 19.1 Å². The van der Waals surface area contributed by atoms with Crippen molar-refractivity contribution in [3.05, 3.63) is 0 Å². The van der Waals surface area contributed by atoms with Crippen LogP contribution in [0.3, 0.4) is 0 Å². The number of hydrogen-bond donors (Lipinski definition) is 4. The monoisotopic (exact) mass is 132 g/mol. The summed E-state index contributed by atoms with van der Waals surface area (Å²) in [7, 11) is 0. The molecule has 0 saturated carbocycles. The van der Waals surface area contributed by atoms with Gasteiger partial charge in [-0.1, -0.05) is 0 Å². The molecule has 0 rings (SSSR count). The maximum absolute atomic E-state index is 5.30. The normalized spacial score (nSPS) is 10.7. The number of nitrogens with one attached hydrogen (secondary N) is 1. The Morgan fingerprint density at radius 3 is 1.78 bits per heavy atom. The lowest BCUT2D eigenvalue weighted by molar-refractivity contribution is 0.474. The number of nitrogens with two attached hydrogens (primary N) is 3. The molecule has 0 unspecified atom stereocenters. The van der Waals surface area contributed by atoms with Crippen molar-refractivity contribution in [1.29, 1.82) is 0 Å². The summed E-state index contributed by atoms with van der Waals surface area (Å²) in [5.74, 6) is 5.18. The highest BCUT2D eigenvalue weighted by Gasteiger charge is 2.01. The largest absolute Gasteiger partial charge is 0.330 e. The third kappa shape index (κ3) is 4.35. The van der Waals surface area contributed by atoms with E-state index < -0.39 is 0 Å². The molecule has 0 amide bonds. The Morgan fingerprint density at radius 2 is 1.56 bits per heavy atom. The average molecular weight is 132 g/mol. The summed E-state index contributed by atoms with van der Waals surface area (Å²) in [6, 6.07) is 0.292.